The molecule has 1 aliphatic rings. The van der Waals surface area contributed by atoms with Crippen molar-refractivity contribution in [3.05, 3.63) is 29.5 Å². The van der Waals surface area contributed by atoms with Gasteiger partial charge >= 0.3 is 0 Å². The van der Waals surface area contributed by atoms with Gasteiger partial charge in [-0.3, -0.25) is 0 Å². The lowest BCUT2D eigenvalue weighted by atomic mass is 9.99. The van der Waals surface area contributed by atoms with Crippen LogP contribution in [0.3, 0.4) is 0 Å². The number of rotatable bonds is 2. The van der Waals surface area contributed by atoms with Crippen molar-refractivity contribution in [3.8, 4) is 0 Å². The van der Waals surface area contributed by atoms with E-state index in [1.54, 1.807) is 22.2 Å². The molecule has 1 saturated heterocycles. The van der Waals surface area contributed by atoms with Crippen LogP contribution in [0.15, 0.2) is 12.4 Å². The number of aromatic nitrogens is 5. The van der Waals surface area contributed by atoms with Crippen LogP contribution in [0.1, 0.15) is 35.8 Å². The third-order valence-electron chi connectivity index (χ3n) is 5.33. The van der Waals surface area contributed by atoms with Gasteiger partial charge in [-0.25, -0.2) is 32.2 Å². The topological polar surface area (TPSA) is 93.4 Å². The Labute approximate surface area is 166 Å². The van der Waals surface area contributed by atoms with Crippen molar-refractivity contribution >= 4 is 47.4 Å². The number of fused-ring (bicyclic) bond motifs is 5. The molecule has 0 N–H and O–H groups in total. The zero-order valence-electron chi connectivity index (χ0n) is 15.9. The molecule has 0 bridgehead atoms. The highest BCUT2D eigenvalue weighted by Gasteiger charge is 2.29. The van der Waals surface area contributed by atoms with Gasteiger partial charge < -0.3 is 0 Å². The number of sulfonamides is 1. The fraction of sp³-hybridized carbons (Fsp3) is 0.444. The van der Waals surface area contributed by atoms with Crippen LogP contribution in [0.25, 0.3) is 26.1 Å². The highest BCUT2D eigenvalue weighted by atomic mass is 32.2. The van der Waals surface area contributed by atoms with E-state index in [1.807, 2.05) is 6.92 Å². The van der Waals surface area contributed by atoms with Crippen LogP contribution in [0.2, 0.25) is 0 Å². The minimum atomic E-state index is -3.21. The molecule has 1 aliphatic heterocycles. The molecule has 4 aromatic heterocycles. The second-order valence-corrected chi connectivity index (χ2v) is 10.5. The summed E-state index contributed by atoms with van der Waals surface area (Å²) in [5, 5.41) is 5.69. The average Bonchev–Trinajstić information content (AvgIpc) is 3.21. The van der Waals surface area contributed by atoms with Crippen molar-refractivity contribution in [1.29, 1.82) is 0 Å². The SMILES string of the molecule is Cc1cc(C)c2c(n1)sc1c2ncn2nc([C@@H]3CCCN(S(C)(=O)=O)C3)nc12. The summed E-state index contributed by atoms with van der Waals surface area (Å²) < 4.78 is 28.1. The lowest BCUT2D eigenvalue weighted by Crippen LogP contribution is -2.38. The molecule has 146 valence electrons. The molecular formula is C18H20N6O2S2. The Morgan fingerprint density at radius 1 is 1.25 bits per heavy atom. The first-order valence-corrected chi connectivity index (χ1v) is 11.8. The van der Waals surface area contributed by atoms with E-state index in [0.29, 0.717) is 18.9 Å². The van der Waals surface area contributed by atoms with Gasteiger partial charge in [0.1, 0.15) is 15.9 Å². The van der Waals surface area contributed by atoms with Gasteiger partial charge in [-0.05, 0) is 38.3 Å². The molecule has 28 heavy (non-hydrogen) atoms. The Kier molecular flexibility index (Phi) is 3.94. The number of thiophene rings is 1. The molecule has 0 aliphatic carbocycles. The molecule has 8 nitrogen and oxygen atoms in total. The molecule has 5 rings (SSSR count). The molecular weight excluding hydrogens is 396 g/mol. The summed E-state index contributed by atoms with van der Waals surface area (Å²) in [6.07, 6.45) is 4.64. The standard InChI is InChI=1S/C18H20N6O2S2/c1-10-7-11(2)20-18-13(10)14-15(27-18)17-21-16(22-24(17)9-19-14)12-5-4-6-23(8-12)28(3,25)26/h7,9,12H,4-6,8H2,1-3H3/t12-/m1/s1. The molecule has 0 saturated carbocycles. The number of pyridine rings is 1. The first-order chi connectivity index (χ1) is 13.3. The van der Waals surface area contributed by atoms with Crippen LogP contribution in [0.5, 0.6) is 0 Å². The maximum Gasteiger partial charge on any atom is 0.211 e. The zero-order chi connectivity index (χ0) is 19.6. The smallest absolute Gasteiger partial charge is 0.211 e. The van der Waals surface area contributed by atoms with Crippen LogP contribution in [0, 0.1) is 13.8 Å². The van der Waals surface area contributed by atoms with Gasteiger partial charge in [-0.2, -0.15) is 0 Å². The summed E-state index contributed by atoms with van der Waals surface area (Å²) in [5.74, 6) is 0.677. The predicted molar refractivity (Wildman–Crippen MR) is 109 cm³/mol. The van der Waals surface area contributed by atoms with E-state index in [-0.39, 0.29) is 5.92 Å². The van der Waals surface area contributed by atoms with E-state index in [2.05, 4.69) is 28.1 Å². The molecule has 1 fully saturated rings. The molecule has 5 heterocycles. The molecule has 0 aromatic carbocycles. The highest BCUT2D eigenvalue weighted by molar-refractivity contribution is 7.88. The minimum absolute atomic E-state index is 0.00471. The van der Waals surface area contributed by atoms with Gasteiger partial charge in [-0.15, -0.1) is 16.4 Å². The van der Waals surface area contributed by atoms with Crippen LogP contribution in [-0.2, 0) is 10.0 Å². The van der Waals surface area contributed by atoms with E-state index in [4.69, 9.17) is 4.98 Å². The Hall–Kier alpha value is -2.17. The van der Waals surface area contributed by atoms with Gasteiger partial charge in [0.2, 0.25) is 10.0 Å². The van der Waals surface area contributed by atoms with Crippen molar-refractivity contribution in [3.63, 3.8) is 0 Å². The normalized spacial score (nSPS) is 19.2. The highest BCUT2D eigenvalue weighted by Crippen LogP contribution is 2.36. The molecule has 0 spiro atoms. The van der Waals surface area contributed by atoms with Crippen LogP contribution in [-0.4, -0.2) is 56.6 Å². The van der Waals surface area contributed by atoms with Gasteiger partial charge in [0.05, 0.1) is 11.8 Å². The van der Waals surface area contributed by atoms with Crippen molar-refractivity contribution in [1.82, 2.24) is 28.9 Å². The van der Waals surface area contributed by atoms with E-state index < -0.39 is 10.0 Å². The molecule has 10 heteroatoms. The first-order valence-electron chi connectivity index (χ1n) is 9.18. The Morgan fingerprint density at radius 2 is 2.07 bits per heavy atom. The summed E-state index contributed by atoms with van der Waals surface area (Å²) >= 11 is 1.58. The van der Waals surface area contributed by atoms with Gasteiger partial charge in [-0.1, -0.05) is 0 Å². The summed E-state index contributed by atoms with van der Waals surface area (Å²) in [6.45, 7) is 5.06. The predicted octanol–water partition coefficient (Wildman–Crippen LogP) is 2.64. The first kappa shape index (κ1) is 17.9. The summed E-state index contributed by atoms with van der Waals surface area (Å²) in [7, 11) is -3.21. The molecule has 4 aromatic rings. The third-order valence-corrected chi connectivity index (χ3v) is 7.67. The summed E-state index contributed by atoms with van der Waals surface area (Å²) in [6, 6.07) is 2.07. The fourth-order valence-electron chi connectivity index (χ4n) is 4.01. The van der Waals surface area contributed by atoms with E-state index in [1.165, 1.54) is 10.6 Å². The number of aryl methyl sites for hydroxylation is 2. The fourth-order valence-corrected chi connectivity index (χ4v) is 6.15. The summed E-state index contributed by atoms with van der Waals surface area (Å²) in [4.78, 5) is 15.0. The minimum Gasteiger partial charge on any atom is -0.242 e. The van der Waals surface area contributed by atoms with Crippen LogP contribution < -0.4 is 0 Å². The number of hydrogen-bond donors (Lipinski definition) is 0. The van der Waals surface area contributed by atoms with Gasteiger partial charge in [0, 0.05) is 30.1 Å². The number of hydrogen-bond acceptors (Lipinski definition) is 7. The number of nitrogens with zero attached hydrogens (tertiary/aromatic N) is 6. The maximum atomic E-state index is 11.9. The monoisotopic (exact) mass is 416 g/mol. The van der Waals surface area contributed by atoms with Crippen LogP contribution in [0.4, 0.5) is 0 Å². The van der Waals surface area contributed by atoms with E-state index in [0.717, 1.165) is 50.2 Å². The van der Waals surface area contributed by atoms with Crippen molar-refractivity contribution < 1.29 is 8.42 Å². The molecule has 0 radical (unpaired) electrons. The Morgan fingerprint density at radius 3 is 2.86 bits per heavy atom. The lowest BCUT2D eigenvalue weighted by molar-refractivity contribution is 0.311. The maximum absolute atomic E-state index is 11.9. The van der Waals surface area contributed by atoms with Crippen LogP contribution >= 0.6 is 11.3 Å². The van der Waals surface area contributed by atoms with Gasteiger partial charge in [0.15, 0.2) is 11.5 Å². The largest absolute Gasteiger partial charge is 0.242 e. The summed E-state index contributed by atoms with van der Waals surface area (Å²) in [5.41, 5.74) is 3.80. The van der Waals surface area contributed by atoms with Gasteiger partial charge in [0.25, 0.3) is 0 Å². The molecule has 0 amide bonds. The molecule has 1 atom stereocenters. The Bertz CT molecular complexity index is 1340. The third kappa shape index (κ3) is 2.78. The van der Waals surface area contributed by atoms with Crippen molar-refractivity contribution in [2.24, 2.45) is 0 Å². The van der Waals surface area contributed by atoms with E-state index >= 15 is 0 Å². The van der Waals surface area contributed by atoms with E-state index in [9.17, 15) is 8.42 Å². The average molecular weight is 417 g/mol. The van der Waals surface area contributed by atoms with Crippen molar-refractivity contribution in [2.45, 2.75) is 32.6 Å². The number of piperidine rings is 1. The lowest BCUT2D eigenvalue weighted by Gasteiger charge is -2.29. The second-order valence-electron chi connectivity index (χ2n) is 7.48. The second kappa shape index (κ2) is 6.16. The quantitative estimate of drug-likeness (QED) is 0.499. The van der Waals surface area contributed by atoms with Crippen molar-refractivity contribution in [2.75, 3.05) is 19.3 Å². The molecule has 0 unspecified atom stereocenters. The zero-order valence-corrected chi connectivity index (χ0v) is 17.5. The Balaban J connectivity index is 1.65.